The Labute approximate surface area is 66.0 Å². The third-order valence-corrected chi connectivity index (χ3v) is 2.35. The van der Waals surface area contributed by atoms with Crippen molar-refractivity contribution >= 4 is 0 Å². The van der Waals surface area contributed by atoms with Gasteiger partial charge >= 0.3 is 0 Å². The van der Waals surface area contributed by atoms with Crippen LogP contribution < -0.4 is 5.73 Å². The predicted octanol–water partition coefficient (Wildman–Crippen LogP) is -0.952. The molecule has 0 amide bonds. The summed E-state index contributed by atoms with van der Waals surface area (Å²) in [6.07, 6.45) is -1.50. The van der Waals surface area contributed by atoms with Gasteiger partial charge in [0, 0.05) is 5.92 Å². The summed E-state index contributed by atoms with van der Waals surface area (Å²) in [5.74, 6) is 0.312. The maximum Gasteiger partial charge on any atom is 0.169 e. The van der Waals surface area contributed by atoms with Gasteiger partial charge in [0.15, 0.2) is 6.29 Å². The van der Waals surface area contributed by atoms with Gasteiger partial charge in [-0.3, -0.25) is 0 Å². The minimum Gasteiger partial charge on any atom is -0.373 e. The Balaban J connectivity index is 2.39. The first kappa shape index (κ1) is 8.93. The van der Waals surface area contributed by atoms with E-state index < -0.39 is 12.3 Å². The monoisotopic (exact) mass is 161 g/mol. The summed E-state index contributed by atoms with van der Waals surface area (Å²) in [6.45, 7) is 3.93. The fourth-order valence-corrected chi connectivity index (χ4v) is 1.28. The highest BCUT2D eigenvalue weighted by atomic mass is 16.5. The molecule has 1 saturated heterocycles. The van der Waals surface area contributed by atoms with Gasteiger partial charge in [-0.15, -0.1) is 0 Å². The van der Waals surface area contributed by atoms with E-state index in [9.17, 15) is 0 Å². The lowest BCUT2D eigenvalue weighted by molar-refractivity contribution is -0.208. The highest BCUT2D eigenvalue weighted by Gasteiger charge is 2.41. The van der Waals surface area contributed by atoms with Crippen LogP contribution in [0, 0.1) is 5.92 Å². The second-order valence-corrected chi connectivity index (χ2v) is 3.16. The van der Waals surface area contributed by atoms with Gasteiger partial charge in [-0.1, -0.05) is 6.92 Å². The van der Waals surface area contributed by atoms with Crippen LogP contribution in [0.2, 0.25) is 0 Å². The Morgan fingerprint density at radius 1 is 1.36 bits per heavy atom. The van der Waals surface area contributed by atoms with Crippen molar-refractivity contribution in [3.63, 3.8) is 0 Å². The van der Waals surface area contributed by atoms with E-state index in [1.165, 1.54) is 0 Å². The van der Waals surface area contributed by atoms with Crippen LogP contribution >= 0.6 is 0 Å². The molecule has 1 aliphatic rings. The molecule has 1 aliphatic heterocycles. The summed E-state index contributed by atoms with van der Waals surface area (Å²) in [4.78, 5) is 0. The molecule has 4 nitrogen and oxygen atoms in total. The molecule has 4 N–H and O–H groups in total. The zero-order valence-corrected chi connectivity index (χ0v) is 6.77. The molecule has 1 heterocycles. The Morgan fingerprint density at radius 2 is 1.91 bits per heavy atom. The minimum atomic E-state index is -1.48. The van der Waals surface area contributed by atoms with E-state index in [0.29, 0.717) is 5.92 Å². The van der Waals surface area contributed by atoms with Crippen molar-refractivity contribution in [2.24, 2.45) is 11.7 Å². The lowest BCUT2D eigenvalue weighted by Gasteiger charge is -2.44. The largest absolute Gasteiger partial charge is 0.373 e. The maximum atomic E-state index is 8.71. The van der Waals surface area contributed by atoms with E-state index in [2.05, 4.69) is 0 Å². The molecule has 0 spiro atoms. The van der Waals surface area contributed by atoms with Crippen LogP contribution in [0.15, 0.2) is 0 Å². The summed E-state index contributed by atoms with van der Waals surface area (Å²) >= 11 is 0. The number of aliphatic hydroxyl groups is 2. The van der Waals surface area contributed by atoms with Gasteiger partial charge in [-0.05, 0) is 6.92 Å². The first-order valence-corrected chi connectivity index (χ1v) is 3.81. The molecule has 66 valence electrons. The Hall–Kier alpha value is -0.160. The maximum absolute atomic E-state index is 8.71. The third kappa shape index (κ3) is 1.54. The Kier molecular flexibility index (Phi) is 2.49. The summed E-state index contributed by atoms with van der Waals surface area (Å²) < 4.78 is 5.23. The molecule has 0 aromatic rings. The van der Waals surface area contributed by atoms with Crippen molar-refractivity contribution in [3.8, 4) is 0 Å². The molecule has 0 aromatic carbocycles. The van der Waals surface area contributed by atoms with E-state index in [1.54, 1.807) is 0 Å². The van der Waals surface area contributed by atoms with Gasteiger partial charge in [-0.2, -0.15) is 0 Å². The number of ether oxygens (including phenoxy) is 1. The fourth-order valence-electron chi connectivity index (χ4n) is 1.28. The van der Waals surface area contributed by atoms with Crippen LogP contribution in [-0.4, -0.2) is 34.8 Å². The van der Waals surface area contributed by atoms with E-state index in [4.69, 9.17) is 20.7 Å². The summed E-state index contributed by atoms with van der Waals surface area (Å²) in [5, 5.41) is 17.4. The molecule has 1 fully saturated rings. The summed E-state index contributed by atoms with van der Waals surface area (Å²) in [5.41, 5.74) is 5.45. The zero-order chi connectivity index (χ0) is 8.59. The molecule has 1 rings (SSSR count). The second kappa shape index (κ2) is 3.06. The number of aliphatic hydroxyl groups excluding tert-OH is 1. The van der Waals surface area contributed by atoms with Crippen LogP contribution in [0.5, 0.6) is 0 Å². The van der Waals surface area contributed by atoms with Crippen LogP contribution in [-0.2, 0) is 4.74 Å². The van der Waals surface area contributed by atoms with Gasteiger partial charge in [0.05, 0.1) is 18.2 Å². The van der Waals surface area contributed by atoms with Crippen molar-refractivity contribution in [3.05, 3.63) is 0 Å². The van der Waals surface area contributed by atoms with Gasteiger partial charge in [0.2, 0.25) is 0 Å². The van der Waals surface area contributed by atoms with Crippen molar-refractivity contribution in [2.45, 2.75) is 38.4 Å². The van der Waals surface area contributed by atoms with Gasteiger partial charge in [0.1, 0.15) is 0 Å². The van der Waals surface area contributed by atoms with Crippen LogP contribution in [0.3, 0.4) is 0 Å². The third-order valence-electron chi connectivity index (χ3n) is 2.35. The highest BCUT2D eigenvalue weighted by Crippen LogP contribution is 2.29. The molecule has 11 heavy (non-hydrogen) atoms. The van der Waals surface area contributed by atoms with Crippen molar-refractivity contribution in [1.82, 2.24) is 0 Å². The molecule has 4 unspecified atom stereocenters. The molecule has 0 radical (unpaired) electrons. The molecule has 4 atom stereocenters. The Bertz CT molecular complexity index is 140. The molecule has 0 aromatic heterocycles. The van der Waals surface area contributed by atoms with Gasteiger partial charge in [-0.25, -0.2) is 0 Å². The van der Waals surface area contributed by atoms with Gasteiger partial charge in [0.25, 0.3) is 0 Å². The first-order chi connectivity index (χ1) is 5.04. The predicted molar refractivity (Wildman–Crippen MR) is 39.7 cm³/mol. The molecule has 0 bridgehead atoms. The van der Waals surface area contributed by atoms with Crippen LogP contribution in [0.25, 0.3) is 0 Å². The molecule has 0 aliphatic carbocycles. The van der Waals surface area contributed by atoms with Crippen molar-refractivity contribution in [2.75, 3.05) is 0 Å². The standard InChI is InChI=1S/C7H15NO3/c1-3-4(2)11-6(3)5(8)7(9)10/h3-7,9-10H,8H2,1-2H3. The lowest BCUT2D eigenvalue weighted by Crippen LogP contribution is -2.59. The average Bonchev–Trinajstić information content (AvgIpc) is 1.98. The zero-order valence-electron chi connectivity index (χ0n) is 6.77. The first-order valence-electron chi connectivity index (χ1n) is 3.81. The van der Waals surface area contributed by atoms with E-state index in [1.807, 2.05) is 13.8 Å². The number of rotatable bonds is 2. The molecule has 0 saturated carbocycles. The number of hydrogen-bond acceptors (Lipinski definition) is 4. The summed E-state index contributed by atoms with van der Waals surface area (Å²) in [6, 6.07) is -0.679. The fraction of sp³-hybridized carbons (Fsp3) is 1.00. The topological polar surface area (TPSA) is 75.7 Å². The molecular formula is C7H15NO3. The molecule has 4 heteroatoms. The highest BCUT2D eigenvalue weighted by molar-refractivity contribution is 4.90. The van der Waals surface area contributed by atoms with Gasteiger partial charge < -0.3 is 20.7 Å². The van der Waals surface area contributed by atoms with Crippen molar-refractivity contribution < 1.29 is 14.9 Å². The van der Waals surface area contributed by atoms with Crippen LogP contribution in [0.1, 0.15) is 13.8 Å². The quantitative estimate of drug-likeness (QED) is 0.456. The SMILES string of the molecule is CC1OC(C(N)C(O)O)C1C. The average molecular weight is 161 g/mol. The minimum absolute atomic E-state index is 0.185. The van der Waals surface area contributed by atoms with E-state index >= 15 is 0 Å². The number of nitrogens with two attached hydrogens (primary N) is 1. The van der Waals surface area contributed by atoms with Crippen molar-refractivity contribution in [1.29, 1.82) is 0 Å². The van der Waals surface area contributed by atoms with E-state index in [0.717, 1.165) is 0 Å². The second-order valence-electron chi connectivity index (χ2n) is 3.16. The van der Waals surface area contributed by atoms with Crippen LogP contribution in [0.4, 0.5) is 0 Å². The molecular weight excluding hydrogens is 146 g/mol. The number of hydrogen-bond donors (Lipinski definition) is 3. The Morgan fingerprint density at radius 3 is 2.18 bits per heavy atom. The summed E-state index contributed by atoms with van der Waals surface area (Å²) in [7, 11) is 0. The smallest absolute Gasteiger partial charge is 0.169 e. The lowest BCUT2D eigenvalue weighted by atomic mass is 9.87. The van der Waals surface area contributed by atoms with E-state index in [-0.39, 0.29) is 12.2 Å². The normalized spacial score (nSPS) is 40.4.